The molecule has 2 aliphatic heterocycles. The number of likely N-dealkylation sites (tertiary alicyclic amines) is 1. The van der Waals surface area contributed by atoms with Crippen molar-refractivity contribution in [1.29, 1.82) is 0 Å². The van der Waals surface area contributed by atoms with Gasteiger partial charge in [0.25, 0.3) is 0 Å². The summed E-state index contributed by atoms with van der Waals surface area (Å²) in [5, 5.41) is 0. The molecule has 1 atom stereocenters. The van der Waals surface area contributed by atoms with Gasteiger partial charge < -0.3 is 14.4 Å². The van der Waals surface area contributed by atoms with Gasteiger partial charge in [0, 0.05) is 32.2 Å². The highest BCUT2D eigenvalue weighted by molar-refractivity contribution is 5.79. The van der Waals surface area contributed by atoms with Crippen LogP contribution in [-0.4, -0.2) is 44.2 Å². The van der Waals surface area contributed by atoms with Gasteiger partial charge >= 0.3 is 0 Å². The van der Waals surface area contributed by atoms with Crippen LogP contribution in [0.1, 0.15) is 37.7 Å². The fourth-order valence-corrected chi connectivity index (χ4v) is 3.90. The normalized spacial score (nSPS) is 22.4. The van der Waals surface area contributed by atoms with E-state index in [1.54, 1.807) is 7.11 Å². The number of rotatable bonds is 5. The molecule has 1 aromatic carbocycles. The number of carbonyl (C=O) groups excluding carboxylic acids is 1. The third-order valence-corrected chi connectivity index (χ3v) is 5.38. The average Bonchev–Trinajstić information content (AvgIpc) is 2.67. The number of carbonyl (C=O) groups is 1. The van der Waals surface area contributed by atoms with Crippen LogP contribution in [0.2, 0.25) is 0 Å². The third-order valence-electron chi connectivity index (χ3n) is 5.38. The summed E-state index contributed by atoms with van der Waals surface area (Å²) in [6.45, 7) is 3.35. The van der Waals surface area contributed by atoms with E-state index in [-0.39, 0.29) is 5.92 Å². The SMILES string of the molecule is COc1cccc(CC[C@@H]2CCCN(C(=O)C3CCOCC3)C2)c1. The smallest absolute Gasteiger partial charge is 0.225 e. The summed E-state index contributed by atoms with van der Waals surface area (Å²) in [4.78, 5) is 14.8. The zero-order valence-electron chi connectivity index (χ0n) is 14.7. The molecule has 4 nitrogen and oxygen atoms in total. The highest BCUT2D eigenvalue weighted by Gasteiger charge is 2.29. The van der Waals surface area contributed by atoms with Crippen molar-refractivity contribution >= 4 is 5.91 Å². The van der Waals surface area contributed by atoms with E-state index in [0.717, 1.165) is 64.2 Å². The molecule has 0 N–H and O–H groups in total. The van der Waals surface area contributed by atoms with Crippen molar-refractivity contribution in [3.63, 3.8) is 0 Å². The zero-order valence-corrected chi connectivity index (χ0v) is 14.7. The van der Waals surface area contributed by atoms with Crippen LogP contribution in [0.25, 0.3) is 0 Å². The van der Waals surface area contributed by atoms with Crippen molar-refractivity contribution < 1.29 is 14.3 Å². The zero-order chi connectivity index (χ0) is 16.8. The molecule has 3 rings (SSSR count). The molecule has 132 valence electrons. The van der Waals surface area contributed by atoms with E-state index >= 15 is 0 Å². The van der Waals surface area contributed by atoms with Gasteiger partial charge in [0.15, 0.2) is 0 Å². The van der Waals surface area contributed by atoms with Gasteiger partial charge in [-0.15, -0.1) is 0 Å². The van der Waals surface area contributed by atoms with E-state index in [2.05, 4.69) is 23.1 Å². The summed E-state index contributed by atoms with van der Waals surface area (Å²) in [6, 6.07) is 8.32. The maximum Gasteiger partial charge on any atom is 0.225 e. The van der Waals surface area contributed by atoms with Gasteiger partial charge in [-0.25, -0.2) is 0 Å². The van der Waals surface area contributed by atoms with Crippen LogP contribution < -0.4 is 4.74 Å². The van der Waals surface area contributed by atoms with Crippen molar-refractivity contribution in [2.45, 2.75) is 38.5 Å². The first-order chi connectivity index (χ1) is 11.8. The second-order valence-corrected chi connectivity index (χ2v) is 7.07. The molecule has 0 spiro atoms. The summed E-state index contributed by atoms with van der Waals surface area (Å²) < 4.78 is 10.7. The molecule has 0 unspecified atom stereocenters. The summed E-state index contributed by atoms with van der Waals surface area (Å²) in [5.74, 6) is 2.10. The number of hydrogen-bond acceptors (Lipinski definition) is 3. The van der Waals surface area contributed by atoms with Crippen molar-refractivity contribution in [2.75, 3.05) is 33.4 Å². The Labute approximate surface area is 145 Å². The Balaban J connectivity index is 1.50. The lowest BCUT2D eigenvalue weighted by Crippen LogP contribution is -2.44. The molecule has 24 heavy (non-hydrogen) atoms. The summed E-state index contributed by atoms with van der Waals surface area (Å²) in [5.41, 5.74) is 1.32. The molecule has 1 aromatic rings. The van der Waals surface area contributed by atoms with Gasteiger partial charge in [0.1, 0.15) is 5.75 Å². The minimum atomic E-state index is 0.191. The lowest BCUT2D eigenvalue weighted by molar-refractivity contribution is -0.140. The van der Waals surface area contributed by atoms with Crippen LogP contribution in [0, 0.1) is 11.8 Å². The van der Waals surface area contributed by atoms with E-state index in [9.17, 15) is 4.79 Å². The molecule has 2 saturated heterocycles. The molecular formula is C20H29NO3. The summed E-state index contributed by atoms with van der Waals surface area (Å²) in [7, 11) is 1.71. The van der Waals surface area contributed by atoms with E-state index in [1.165, 1.54) is 12.0 Å². The van der Waals surface area contributed by atoms with Crippen molar-refractivity contribution in [1.82, 2.24) is 4.90 Å². The van der Waals surface area contributed by atoms with Crippen LogP contribution in [0.5, 0.6) is 5.75 Å². The predicted octanol–water partition coefficient (Wildman–Crippen LogP) is 3.29. The molecule has 2 heterocycles. The van der Waals surface area contributed by atoms with Crippen molar-refractivity contribution in [2.24, 2.45) is 11.8 Å². The van der Waals surface area contributed by atoms with E-state index in [1.807, 2.05) is 6.07 Å². The van der Waals surface area contributed by atoms with Gasteiger partial charge in [0.05, 0.1) is 7.11 Å². The van der Waals surface area contributed by atoms with Gasteiger partial charge in [-0.05, 0) is 62.1 Å². The average molecular weight is 331 g/mol. The van der Waals surface area contributed by atoms with Crippen LogP contribution in [0.4, 0.5) is 0 Å². The number of aryl methyl sites for hydroxylation is 1. The van der Waals surface area contributed by atoms with Crippen LogP contribution in [-0.2, 0) is 16.0 Å². The first-order valence-corrected chi connectivity index (χ1v) is 9.25. The minimum Gasteiger partial charge on any atom is -0.497 e. The van der Waals surface area contributed by atoms with Gasteiger partial charge in [0.2, 0.25) is 5.91 Å². The van der Waals surface area contributed by atoms with Gasteiger partial charge in [-0.2, -0.15) is 0 Å². The van der Waals surface area contributed by atoms with Crippen LogP contribution in [0.3, 0.4) is 0 Å². The largest absolute Gasteiger partial charge is 0.497 e. The van der Waals surface area contributed by atoms with E-state index in [4.69, 9.17) is 9.47 Å². The topological polar surface area (TPSA) is 38.8 Å². The quantitative estimate of drug-likeness (QED) is 0.831. The fraction of sp³-hybridized carbons (Fsp3) is 0.650. The van der Waals surface area contributed by atoms with Crippen molar-refractivity contribution in [3.05, 3.63) is 29.8 Å². The fourth-order valence-electron chi connectivity index (χ4n) is 3.90. The minimum absolute atomic E-state index is 0.191. The Kier molecular flexibility index (Phi) is 6.13. The molecular weight excluding hydrogens is 302 g/mol. The Morgan fingerprint density at radius 1 is 1.29 bits per heavy atom. The third kappa shape index (κ3) is 4.50. The number of piperidine rings is 1. The van der Waals surface area contributed by atoms with Crippen molar-refractivity contribution in [3.8, 4) is 5.75 Å². The molecule has 2 fully saturated rings. The monoisotopic (exact) mass is 331 g/mol. The van der Waals surface area contributed by atoms with Crippen LogP contribution in [0.15, 0.2) is 24.3 Å². The highest BCUT2D eigenvalue weighted by atomic mass is 16.5. The van der Waals surface area contributed by atoms with E-state index < -0.39 is 0 Å². The standard InChI is InChI=1S/C20H29NO3/c1-23-19-6-2-4-16(14-19)7-8-17-5-3-11-21(15-17)20(22)18-9-12-24-13-10-18/h2,4,6,14,17-18H,3,5,7-13,15H2,1H3/t17-/m0/s1. The van der Waals surface area contributed by atoms with E-state index in [0.29, 0.717) is 11.8 Å². The maximum absolute atomic E-state index is 12.7. The number of benzene rings is 1. The lowest BCUT2D eigenvalue weighted by Gasteiger charge is -2.36. The Morgan fingerprint density at radius 3 is 2.92 bits per heavy atom. The highest BCUT2D eigenvalue weighted by Crippen LogP contribution is 2.26. The number of ether oxygens (including phenoxy) is 2. The Bertz CT molecular complexity index is 539. The molecule has 2 aliphatic rings. The number of amides is 1. The second kappa shape index (κ2) is 8.52. The summed E-state index contributed by atoms with van der Waals surface area (Å²) >= 11 is 0. The predicted molar refractivity (Wildman–Crippen MR) is 94.2 cm³/mol. The Hall–Kier alpha value is -1.55. The molecule has 0 saturated carbocycles. The molecule has 4 heteroatoms. The summed E-state index contributed by atoms with van der Waals surface area (Å²) in [6.07, 6.45) is 6.36. The molecule has 1 amide bonds. The van der Waals surface area contributed by atoms with Crippen LogP contribution >= 0.6 is 0 Å². The molecule has 0 aliphatic carbocycles. The first kappa shape index (κ1) is 17.3. The lowest BCUT2D eigenvalue weighted by atomic mass is 9.90. The number of methoxy groups -OCH3 is 1. The first-order valence-electron chi connectivity index (χ1n) is 9.25. The second-order valence-electron chi connectivity index (χ2n) is 7.07. The number of nitrogens with zero attached hydrogens (tertiary/aromatic N) is 1. The maximum atomic E-state index is 12.7. The molecule has 0 aromatic heterocycles. The van der Waals surface area contributed by atoms with Gasteiger partial charge in [-0.1, -0.05) is 12.1 Å². The van der Waals surface area contributed by atoms with Gasteiger partial charge in [-0.3, -0.25) is 4.79 Å². The molecule has 0 bridgehead atoms. The molecule has 0 radical (unpaired) electrons. The Morgan fingerprint density at radius 2 is 2.12 bits per heavy atom. The number of hydrogen-bond donors (Lipinski definition) is 0.